The van der Waals surface area contributed by atoms with E-state index in [2.05, 4.69) is 41.5 Å². The van der Waals surface area contributed by atoms with E-state index in [-0.39, 0.29) is 45.8 Å². The molecule has 4 aliphatic carbocycles. The molecule has 0 spiro atoms. The Labute approximate surface area is 170 Å². The fourth-order valence-electron chi connectivity index (χ4n) is 9.07. The van der Waals surface area contributed by atoms with Crippen LogP contribution in [-0.4, -0.2) is 23.3 Å². The monoisotopic (exact) mass is 386 g/mol. The molecule has 0 aromatic heterocycles. The molecule has 0 aromatic rings. The number of allylic oxidation sites excluding steroid dienone is 1. The summed E-state index contributed by atoms with van der Waals surface area (Å²) >= 11 is 0. The smallest absolute Gasteiger partial charge is 0.309 e. The van der Waals surface area contributed by atoms with Crippen LogP contribution in [-0.2, 0) is 9.53 Å². The summed E-state index contributed by atoms with van der Waals surface area (Å²) in [5, 5.41) is 10.7. The van der Waals surface area contributed by atoms with Crippen LogP contribution in [0.1, 0.15) is 86.5 Å². The molecule has 1 saturated heterocycles. The van der Waals surface area contributed by atoms with Crippen LogP contribution >= 0.6 is 0 Å². The van der Waals surface area contributed by atoms with Gasteiger partial charge in [-0.3, -0.25) is 4.79 Å². The number of aliphatic hydroxyl groups is 1. The minimum atomic E-state index is -0.207. The molecule has 0 radical (unpaired) electrons. The minimum absolute atomic E-state index is 0.0256. The Kier molecular flexibility index (Phi) is 3.73. The van der Waals surface area contributed by atoms with Gasteiger partial charge >= 0.3 is 5.97 Å². The van der Waals surface area contributed by atoms with Crippen molar-refractivity contribution in [2.24, 2.45) is 39.4 Å². The molecule has 5 rings (SSSR count). The molecular formula is C25H38O3. The Morgan fingerprint density at radius 2 is 1.71 bits per heavy atom. The van der Waals surface area contributed by atoms with E-state index in [4.69, 9.17) is 4.74 Å². The predicted octanol–water partition coefficient (Wildman–Crippen LogP) is 5.27. The van der Waals surface area contributed by atoms with Crippen LogP contribution in [0.3, 0.4) is 0 Å². The lowest BCUT2D eigenvalue weighted by atomic mass is 9.42. The van der Waals surface area contributed by atoms with Gasteiger partial charge in [-0.25, -0.2) is 0 Å². The van der Waals surface area contributed by atoms with E-state index in [0.29, 0.717) is 11.8 Å². The zero-order chi connectivity index (χ0) is 20.3. The molecule has 0 aromatic carbocycles. The molecule has 0 amide bonds. The Balaban J connectivity index is 1.66. The summed E-state index contributed by atoms with van der Waals surface area (Å²) in [4.78, 5) is 12.7. The van der Waals surface area contributed by atoms with Gasteiger partial charge in [-0.05, 0) is 66.6 Å². The third kappa shape index (κ3) is 1.94. The molecule has 0 bridgehead atoms. The van der Waals surface area contributed by atoms with Gasteiger partial charge in [0, 0.05) is 11.8 Å². The van der Waals surface area contributed by atoms with E-state index in [1.165, 1.54) is 19.3 Å². The van der Waals surface area contributed by atoms with Gasteiger partial charge in [0.1, 0.15) is 6.10 Å². The van der Waals surface area contributed by atoms with Crippen molar-refractivity contribution in [2.75, 3.05) is 0 Å². The van der Waals surface area contributed by atoms with Crippen LogP contribution in [0.15, 0.2) is 11.1 Å². The third-order valence-corrected chi connectivity index (χ3v) is 11.1. The summed E-state index contributed by atoms with van der Waals surface area (Å²) in [6, 6.07) is 0. The Hall–Kier alpha value is -0.830. The van der Waals surface area contributed by atoms with E-state index in [1.54, 1.807) is 11.1 Å². The van der Waals surface area contributed by atoms with E-state index in [1.807, 2.05) is 0 Å². The van der Waals surface area contributed by atoms with Crippen LogP contribution in [0.2, 0.25) is 0 Å². The second-order valence-electron chi connectivity index (χ2n) is 12.0. The van der Waals surface area contributed by atoms with E-state index >= 15 is 0 Å². The van der Waals surface area contributed by atoms with Gasteiger partial charge in [0.05, 0.1) is 12.0 Å². The van der Waals surface area contributed by atoms with Gasteiger partial charge in [0.25, 0.3) is 0 Å². The summed E-state index contributed by atoms with van der Waals surface area (Å²) in [5.74, 6) is 1.01. The number of carbonyl (C=O) groups is 1. The topological polar surface area (TPSA) is 46.5 Å². The van der Waals surface area contributed by atoms with Gasteiger partial charge in [0.2, 0.25) is 0 Å². The minimum Gasteiger partial charge on any atom is -0.461 e. The number of fused-ring (bicyclic) bond motifs is 3. The van der Waals surface area contributed by atoms with Gasteiger partial charge in [0.15, 0.2) is 0 Å². The van der Waals surface area contributed by atoms with Crippen LogP contribution in [0.5, 0.6) is 0 Å². The number of esters is 1. The van der Waals surface area contributed by atoms with Crippen molar-refractivity contribution in [3.63, 3.8) is 0 Å². The van der Waals surface area contributed by atoms with Crippen LogP contribution < -0.4 is 0 Å². The molecule has 8 atom stereocenters. The van der Waals surface area contributed by atoms with Gasteiger partial charge in [-0.15, -0.1) is 0 Å². The van der Waals surface area contributed by atoms with Crippen LogP contribution in [0, 0.1) is 39.4 Å². The predicted molar refractivity (Wildman–Crippen MR) is 109 cm³/mol. The Morgan fingerprint density at radius 3 is 2.43 bits per heavy atom. The molecule has 3 nitrogen and oxygen atoms in total. The summed E-state index contributed by atoms with van der Waals surface area (Å²) in [6.45, 7) is 14.0. The van der Waals surface area contributed by atoms with Crippen molar-refractivity contribution in [3.05, 3.63) is 11.1 Å². The quantitative estimate of drug-likeness (QED) is 0.456. The van der Waals surface area contributed by atoms with Gasteiger partial charge < -0.3 is 9.84 Å². The van der Waals surface area contributed by atoms with Crippen LogP contribution in [0.25, 0.3) is 0 Å². The first-order valence-electron chi connectivity index (χ1n) is 11.6. The lowest BCUT2D eigenvalue weighted by Crippen LogP contribution is -2.61. The standard InChI is InChI=1S/C25H38O3/c1-14-15-9-12-24(5)16-7-8-18-22(2,3)19(26)10-11-23(18,4)17(16)13-20(25(15,24)6)28-21(14)27/h14-15,18-20,26H,7-13H2,1-6H3. The van der Waals surface area contributed by atoms with Crippen molar-refractivity contribution >= 4 is 5.97 Å². The second-order valence-corrected chi connectivity index (χ2v) is 12.0. The summed E-state index contributed by atoms with van der Waals surface area (Å²) in [7, 11) is 0. The number of hydrogen-bond donors (Lipinski definition) is 1. The average molecular weight is 387 g/mol. The maximum Gasteiger partial charge on any atom is 0.309 e. The van der Waals surface area contributed by atoms with Gasteiger partial charge in [-0.2, -0.15) is 0 Å². The molecule has 1 N–H and O–H groups in total. The van der Waals surface area contributed by atoms with E-state index in [0.717, 1.165) is 25.7 Å². The van der Waals surface area contributed by atoms with Crippen molar-refractivity contribution in [1.82, 2.24) is 0 Å². The molecule has 3 heteroatoms. The maximum atomic E-state index is 12.7. The third-order valence-electron chi connectivity index (χ3n) is 11.1. The first kappa shape index (κ1) is 19.2. The second kappa shape index (κ2) is 5.45. The molecule has 8 unspecified atom stereocenters. The summed E-state index contributed by atoms with van der Waals surface area (Å²) in [6.07, 6.45) is 7.39. The average Bonchev–Trinajstić information content (AvgIpc) is 2.91. The highest BCUT2D eigenvalue weighted by Crippen LogP contribution is 2.73. The van der Waals surface area contributed by atoms with E-state index < -0.39 is 0 Å². The SMILES string of the molecule is CC1C(=O)OC2CC3=C(CCC4C3(C)CCC(O)C4(C)C)C3(C)CCC1C23C. The normalized spacial score (nSPS) is 54.5. The first-order chi connectivity index (χ1) is 13.0. The van der Waals surface area contributed by atoms with Crippen molar-refractivity contribution in [1.29, 1.82) is 0 Å². The first-order valence-corrected chi connectivity index (χ1v) is 11.6. The highest BCUT2D eigenvalue weighted by Gasteiger charge is 2.69. The zero-order valence-corrected chi connectivity index (χ0v) is 18.6. The van der Waals surface area contributed by atoms with Crippen molar-refractivity contribution in [2.45, 2.75) is 98.7 Å². The molecule has 1 aliphatic heterocycles. The largest absolute Gasteiger partial charge is 0.461 e. The van der Waals surface area contributed by atoms with Gasteiger partial charge in [-0.1, -0.05) is 52.7 Å². The molecule has 5 aliphatic rings. The fraction of sp³-hybridized carbons (Fsp3) is 0.880. The fourth-order valence-corrected chi connectivity index (χ4v) is 9.07. The molecular weight excluding hydrogens is 348 g/mol. The Morgan fingerprint density at radius 1 is 1.00 bits per heavy atom. The Bertz CT molecular complexity index is 766. The molecule has 1 heterocycles. The molecule has 3 fully saturated rings. The number of carbonyl (C=O) groups excluding carboxylic acids is 1. The van der Waals surface area contributed by atoms with Crippen LogP contribution in [0.4, 0.5) is 0 Å². The number of hydrogen-bond acceptors (Lipinski definition) is 3. The maximum absolute atomic E-state index is 12.7. The number of aliphatic hydroxyl groups excluding tert-OH is 1. The molecule has 2 saturated carbocycles. The van der Waals surface area contributed by atoms with E-state index in [9.17, 15) is 9.90 Å². The number of ether oxygens (including phenoxy) is 1. The highest BCUT2D eigenvalue weighted by molar-refractivity contribution is 5.74. The lowest BCUT2D eigenvalue weighted by Gasteiger charge is -2.64. The lowest BCUT2D eigenvalue weighted by molar-refractivity contribution is -0.195. The van der Waals surface area contributed by atoms with Crippen molar-refractivity contribution in [3.8, 4) is 0 Å². The summed E-state index contributed by atoms with van der Waals surface area (Å²) in [5.41, 5.74) is 3.63. The summed E-state index contributed by atoms with van der Waals surface area (Å²) < 4.78 is 6.18. The van der Waals surface area contributed by atoms with Crippen molar-refractivity contribution < 1.29 is 14.6 Å². The molecule has 156 valence electrons. The highest BCUT2D eigenvalue weighted by atomic mass is 16.5. The number of rotatable bonds is 0. The zero-order valence-electron chi connectivity index (χ0n) is 18.6. The molecule has 28 heavy (non-hydrogen) atoms.